The van der Waals surface area contributed by atoms with Gasteiger partial charge in [0.1, 0.15) is 5.92 Å². The van der Waals surface area contributed by atoms with Crippen molar-refractivity contribution in [2.75, 3.05) is 18.6 Å². The summed E-state index contributed by atoms with van der Waals surface area (Å²) in [5, 5.41) is 0.348. The molecule has 0 aliphatic carbocycles. The first-order valence-corrected chi connectivity index (χ1v) is 8.52. The zero-order chi connectivity index (χ0) is 18.0. The molecule has 1 amide bonds. The number of amides is 1. The van der Waals surface area contributed by atoms with Crippen molar-refractivity contribution in [2.45, 2.75) is 26.4 Å². The highest BCUT2D eigenvalue weighted by Crippen LogP contribution is 2.36. The number of carbonyl (C=O) groups is 3. The zero-order valence-corrected chi connectivity index (χ0v) is 15.8. The Morgan fingerprint density at radius 2 is 2.04 bits per heavy atom. The molecule has 6 nitrogen and oxygen atoms in total. The van der Waals surface area contributed by atoms with Crippen LogP contribution in [0.1, 0.15) is 30.6 Å². The van der Waals surface area contributed by atoms with E-state index in [1.807, 2.05) is 0 Å². The number of anilines is 1. The van der Waals surface area contributed by atoms with Crippen LogP contribution < -0.4 is 4.90 Å². The Labute approximate surface area is 153 Å². The van der Waals surface area contributed by atoms with E-state index in [1.54, 1.807) is 13.8 Å². The quantitative estimate of drug-likeness (QED) is 0.539. The number of halogens is 2. The molecule has 1 aromatic rings. The number of benzene rings is 1. The molecule has 0 bridgehead atoms. The lowest BCUT2D eigenvalue weighted by molar-refractivity contribution is -0.143. The van der Waals surface area contributed by atoms with Crippen molar-refractivity contribution in [3.63, 3.8) is 0 Å². The molecule has 24 heavy (non-hydrogen) atoms. The van der Waals surface area contributed by atoms with Crippen molar-refractivity contribution in [2.24, 2.45) is 5.92 Å². The van der Waals surface area contributed by atoms with Crippen LogP contribution in [0.25, 0.3) is 0 Å². The number of ketones is 1. The first-order chi connectivity index (χ1) is 11.3. The highest BCUT2D eigenvalue weighted by Gasteiger charge is 2.37. The number of rotatable bonds is 2. The van der Waals surface area contributed by atoms with E-state index in [0.717, 1.165) is 0 Å². The van der Waals surface area contributed by atoms with Crippen molar-refractivity contribution in [1.29, 1.82) is 0 Å². The molecule has 1 atom stereocenters. The molecule has 8 heteroatoms. The Balaban J connectivity index is 2.54. The fraction of sp³-hybridized carbons (Fsp3) is 0.438. The lowest BCUT2D eigenvalue weighted by atomic mass is 9.95. The van der Waals surface area contributed by atoms with Crippen LogP contribution in [0.4, 0.5) is 10.5 Å². The monoisotopic (exact) mass is 417 g/mol. The number of esters is 1. The van der Waals surface area contributed by atoms with Crippen LogP contribution >= 0.6 is 27.5 Å². The van der Waals surface area contributed by atoms with Crippen LogP contribution in [0, 0.1) is 5.92 Å². The smallest absolute Gasteiger partial charge is 0.414 e. The van der Waals surface area contributed by atoms with Crippen molar-refractivity contribution in [3.8, 4) is 0 Å². The molecule has 0 N–H and O–H groups in total. The second-order valence-electron chi connectivity index (χ2n) is 5.60. The number of Topliss-reactive ketones (excluding diaryl/α,β-unsaturated/α-hetero) is 1. The number of nitrogens with zero attached hydrogens (tertiary/aromatic N) is 1. The van der Waals surface area contributed by atoms with Gasteiger partial charge in [0, 0.05) is 16.6 Å². The summed E-state index contributed by atoms with van der Waals surface area (Å²) in [5.74, 6) is -2.01. The molecule has 1 heterocycles. The van der Waals surface area contributed by atoms with E-state index in [2.05, 4.69) is 15.9 Å². The minimum atomic E-state index is -0.973. The summed E-state index contributed by atoms with van der Waals surface area (Å²) >= 11 is 9.38. The molecule has 1 unspecified atom stereocenters. The van der Waals surface area contributed by atoms with Crippen LogP contribution in [0.15, 0.2) is 16.6 Å². The van der Waals surface area contributed by atoms with E-state index in [4.69, 9.17) is 21.1 Å². The summed E-state index contributed by atoms with van der Waals surface area (Å²) in [6, 6.07) is 3.02. The number of ether oxygens (including phenoxy) is 2. The van der Waals surface area contributed by atoms with Gasteiger partial charge in [-0.1, -0.05) is 11.6 Å². The zero-order valence-electron chi connectivity index (χ0n) is 13.5. The summed E-state index contributed by atoms with van der Waals surface area (Å²) in [6.07, 6.45) is -0.770. The third-order valence-electron chi connectivity index (χ3n) is 3.60. The lowest BCUT2D eigenvalue weighted by Crippen LogP contribution is -2.34. The van der Waals surface area contributed by atoms with Gasteiger partial charge in [0.05, 0.1) is 23.9 Å². The Morgan fingerprint density at radius 1 is 1.38 bits per heavy atom. The number of hydrogen-bond donors (Lipinski definition) is 0. The lowest BCUT2D eigenvalue weighted by Gasteiger charge is -2.23. The summed E-state index contributed by atoms with van der Waals surface area (Å²) in [4.78, 5) is 38.4. The Bertz CT molecular complexity index is 691. The normalized spacial score (nSPS) is 17.3. The maximum absolute atomic E-state index is 12.7. The molecule has 1 aromatic carbocycles. The third kappa shape index (κ3) is 3.72. The van der Waals surface area contributed by atoms with Gasteiger partial charge in [-0.15, -0.1) is 0 Å². The third-order valence-corrected chi connectivity index (χ3v) is 4.79. The highest BCUT2D eigenvalue weighted by molar-refractivity contribution is 9.10. The maximum atomic E-state index is 12.7. The summed E-state index contributed by atoms with van der Waals surface area (Å²) in [5.41, 5.74) is 0.546. The molecule has 0 saturated carbocycles. The maximum Gasteiger partial charge on any atom is 0.414 e. The Kier molecular flexibility index (Phi) is 5.87. The van der Waals surface area contributed by atoms with Crippen LogP contribution in [-0.2, 0) is 14.3 Å². The standard InChI is InChI=1S/C16H17BrClNO5/c1-8(2)24-16(22)19-5-4-9(15(21)23-3)14(20)10-6-11(17)12(18)7-13(10)19/h6-9H,4-5H2,1-3H3. The van der Waals surface area contributed by atoms with E-state index in [-0.39, 0.29) is 24.6 Å². The first kappa shape index (κ1) is 18.7. The van der Waals surface area contributed by atoms with Crippen molar-refractivity contribution < 1.29 is 23.9 Å². The summed E-state index contributed by atoms with van der Waals surface area (Å²) in [7, 11) is 1.23. The molecule has 130 valence electrons. The first-order valence-electron chi connectivity index (χ1n) is 7.35. The van der Waals surface area contributed by atoms with Crippen LogP contribution in [0.2, 0.25) is 5.02 Å². The van der Waals surface area contributed by atoms with Gasteiger partial charge >= 0.3 is 12.1 Å². The molecule has 0 radical (unpaired) electrons. The predicted molar refractivity (Wildman–Crippen MR) is 92.6 cm³/mol. The van der Waals surface area contributed by atoms with Gasteiger partial charge in [-0.05, 0) is 48.3 Å². The highest BCUT2D eigenvalue weighted by atomic mass is 79.9. The number of carbonyl (C=O) groups excluding carboxylic acids is 3. The van der Waals surface area contributed by atoms with E-state index in [9.17, 15) is 14.4 Å². The molecule has 0 aromatic heterocycles. The molecular weight excluding hydrogens is 402 g/mol. The summed E-state index contributed by atoms with van der Waals surface area (Å²) in [6.45, 7) is 3.60. The second-order valence-corrected chi connectivity index (χ2v) is 6.86. The van der Waals surface area contributed by atoms with Gasteiger partial charge in [-0.2, -0.15) is 0 Å². The fourth-order valence-corrected chi connectivity index (χ4v) is 2.98. The van der Waals surface area contributed by atoms with Crippen molar-refractivity contribution in [1.82, 2.24) is 0 Å². The fourth-order valence-electron chi connectivity index (χ4n) is 2.48. The van der Waals surface area contributed by atoms with Crippen LogP contribution in [0.3, 0.4) is 0 Å². The molecule has 0 fully saturated rings. The second kappa shape index (κ2) is 7.53. The number of fused-ring (bicyclic) bond motifs is 1. The van der Waals surface area contributed by atoms with Gasteiger partial charge in [0.2, 0.25) is 0 Å². The van der Waals surface area contributed by atoms with Gasteiger partial charge < -0.3 is 9.47 Å². The predicted octanol–water partition coefficient (Wildman–Crippen LogP) is 3.83. The van der Waals surface area contributed by atoms with Crippen LogP contribution in [0.5, 0.6) is 0 Å². The number of methoxy groups -OCH3 is 1. The topological polar surface area (TPSA) is 72.9 Å². The van der Waals surface area contributed by atoms with Gasteiger partial charge in [0.15, 0.2) is 5.78 Å². The largest absolute Gasteiger partial charge is 0.468 e. The molecule has 0 spiro atoms. The van der Waals surface area contributed by atoms with E-state index in [0.29, 0.717) is 15.2 Å². The Hall–Kier alpha value is -1.60. The van der Waals surface area contributed by atoms with E-state index >= 15 is 0 Å². The van der Waals surface area contributed by atoms with Gasteiger partial charge in [-0.25, -0.2) is 4.79 Å². The minimum absolute atomic E-state index is 0.141. The van der Waals surface area contributed by atoms with E-state index < -0.39 is 23.8 Å². The molecule has 1 aliphatic rings. The van der Waals surface area contributed by atoms with Gasteiger partial charge in [-0.3, -0.25) is 14.5 Å². The van der Waals surface area contributed by atoms with E-state index in [1.165, 1.54) is 24.1 Å². The van der Waals surface area contributed by atoms with Crippen molar-refractivity contribution in [3.05, 3.63) is 27.2 Å². The molecule has 2 rings (SSSR count). The average Bonchev–Trinajstić information content (AvgIpc) is 2.64. The van der Waals surface area contributed by atoms with Gasteiger partial charge in [0.25, 0.3) is 0 Å². The van der Waals surface area contributed by atoms with Crippen LogP contribution in [-0.4, -0.2) is 37.6 Å². The number of hydrogen-bond acceptors (Lipinski definition) is 5. The average molecular weight is 419 g/mol. The minimum Gasteiger partial charge on any atom is -0.468 e. The molecule has 0 saturated heterocycles. The Morgan fingerprint density at radius 3 is 2.62 bits per heavy atom. The SMILES string of the molecule is COC(=O)C1CCN(C(=O)OC(C)C)c2cc(Cl)c(Br)cc2C1=O. The summed E-state index contributed by atoms with van der Waals surface area (Å²) < 4.78 is 10.4. The van der Waals surface area contributed by atoms with Crippen molar-refractivity contribution >= 4 is 51.1 Å². The molecule has 1 aliphatic heterocycles. The molecular formula is C16H17BrClNO5.